The Hall–Kier alpha value is -2.67. The van der Waals surface area contributed by atoms with Crippen LogP contribution in [0.25, 0.3) is 0 Å². The van der Waals surface area contributed by atoms with Gasteiger partial charge in [-0.2, -0.15) is 4.98 Å². The minimum Gasteiger partial charge on any atom is -0.488 e. The predicted molar refractivity (Wildman–Crippen MR) is 92.5 cm³/mol. The number of rotatable bonds is 7. The second-order valence-electron chi connectivity index (χ2n) is 5.90. The van der Waals surface area contributed by atoms with Crippen LogP contribution in [0.3, 0.4) is 0 Å². The summed E-state index contributed by atoms with van der Waals surface area (Å²) in [6.07, 6.45) is 2.23. The Morgan fingerprint density at radius 2 is 2.24 bits per heavy atom. The normalized spacial score (nSPS) is 13.6. The van der Waals surface area contributed by atoms with Gasteiger partial charge in [0, 0.05) is 16.4 Å². The fourth-order valence-electron chi connectivity index (χ4n) is 2.38. The molecule has 2 heterocycles. The van der Waals surface area contributed by atoms with Crippen LogP contribution in [0.5, 0.6) is 5.75 Å². The van der Waals surface area contributed by atoms with E-state index in [1.165, 1.54) is 0 Å². The molecule has 6 nitrogen and oxygen atoms in total. The van der Waals surface area contributed by atoms with Gasteiger partial charge in [-0.15, -0.1) is 11.3 Å². The van der Waals surface area contributed by atoms with Crippen LogP contribution in [0.4, 0.5) is 0 Å². The molecule has 3 aromatic rings. The molecule has 2 aromatic heterocycles. The maximum atomic E-state index is 12.3. The van der Waals surface area contributed by atoms with E-state index in [9.17, 15) is 4.79 Å². The lowest BCUT2D eigenvalue weighted by molar-refractivity contribution is 0.0946. The summed E-state index contributed by atoms with van der Waals surface area (Å²) in [4.78, 5) is 17.7. The molecular weight excluding hydrogens is 338 g/mol. The number of carbonyl (C=O) groups is 1. The van der Waals surface area contributed by atoms with Gasteiger partial charge < -0.3 is 14.6 Å². The Morgan fingerprint density at radius 3 is 3.04 bits per heavy atom. The van der Waals surface area contributed by atoms with Crippen molar-refractivity contribution >= 4 is 17.2 Å². The first-order valence-electron chi connectivity index (χ1n) is 8.14. The molecule has 0 aliphatic heterocycles. The average molecular weight is 355 g/mol. The van der Waals surface area contributed by atoms with Gasteiger partial charge in [-0.3, -0.25) is 4.79 Å². The van der Waals surface area contributed by atoms with Gasteiger partial charge in [-0.25, -0.2) is 0 Å². The van der Waals surface area contributed by atoms with Crippen molar-refractivity contribution in [1.82, 2.24) is 15.5 Å². The van der Waals surface area contributed by atoms with Gasteiger partial charge in [0.15, 0.2) is 5.82 Å². The first kappa shape index (κ1) is 15.8. The molecule has 4 rings (SSSR count). The molecule has 0 spiro atoms. The van der Waals surface area contributed by atoms with E-state index in [0.29, 0.717) is 29.7 Å². The van der Waals surface area contributed by atoms with Crippen LogP contribution in [-0.4, -0.2) is 16.0 Å². The van der Waals surface area contributed by atoms with Gasteiger partial charge in [-0.05, 0) is 42.5 Å². The molecule has 1 aromatic carbocycles. The molecule has 0 atom stereocenters. The standard InChI is InChI=1S/C18H17N3O3S/c22-18(19-10-16-20-17(21-24-16)12-6-7-12)13-3-1-4-14(9-13)23-11-15-5-2-8-25-15/h1-5,8-9,12H,6-7,10-11H2,(H,19,22). The molecule has 0 radical (unpaired) electrons. The average Bonchev–Trinajstić information content (AvgIpc) is 3.16. The molecule has 0 saturated heterocycles. The van der Waals surface area contributed by atoms with Gasteiger partial charge in [0.05, 0.1) is 6.54 Å². The largest absolute Gasteiger partial charge is 0.488 e. The van der Waals surface area contributed by atoms with Crippen molar-refractivity contribution in [3.63, 3.8) is 0 Å². The SMILES string of the molecule is O=C(NCc1nc(C2CC2)no1)c1cccc(OCc2cccs2)c1. The molecule has 128 valence electrons. The van der Waals surface area contributed by atoms with Crippen LogP contribution in [-0.2, 0) is 13.2 Å². The molecule has 25 heavy (non-hydrogen) atoms. The van der Waals surface area contributed by atoms with Gasteiger partial charge in [0.1, 0.15) is 12.4 Å². The molecule has 1 aliphatic carbocycles. The molecule has 7 heteroatoms. The van der Waals surface area contributed by atoms with E-state index in [1.807, 2.05) is 23.6 Å². The quantitative estimate of drug-likeness (QED) is 0.702. The Labute approximate surface area is 148 Å². The van der Waals surface area contributed by atoms with Crippen LogP contribution in [0.2, 0.25) is 0 Å². The van der Waals surface area contributed by atoms with Gasteiger partial charge >= 0.3 is 0 Å². The Morgan fingerprint density at radius 1 is 1.32 bits per heavy atom. The Balaban J connectivity index is 1.33. The zero-order chi connectivity index (χ0) is 17.1. The van der Waals surface area contributed by atoms with Crippen LogP contribution in [0, 0.1) is 0 Å². The number of amides is 1. The monoisotopic (exact) mass is 355 g/mol. The van der Waals surface area contributed by atoms with Crippen molar-refractivity contribution in [1.29, 1.82) is 0 Å². The van der Waals surface area contributed by atoms with Crippen molar-refractivity contribution in [2.75, 3.05) is 0 Å². The Bertz CT molecular complexity index is 856. The van der Waals surface area contributed by atoms with Crippen molar-refractivity contribution in [2.24, 2.45) is 0 Å². The first-order chi connectivity index (χ1) is 12.3. The fraction of sp³-hybridized carbons (Fsp3) is 0.278. The highest BCUT2D eigenvalue weighted by Crippen LogP contribution is 2.38. The highest BCUT2D eigenvalue weighted by molar-refractivity contribution is 7.09. The van der Waals surface area contributed by atoms with Crippen molar-refractivity contribution in [3.05, 3.63) is 63.9 Å². The molecule has 1 aliphatic rings. The first-order valence-corrected chi connectivity index (χ1v) is 9.02. The second-order valence-corrected chi connectivity index (χ2v) is 6.93. The zero-order valence-corrected chi connectivity index (χ0v) is 14.3. The summed E-state index contributed by atoms with van der Waals surface area (Å²) in [5.74, 6) is 2.07. The van der Waals surface area contributed by atoms with E-state index in [1.54, 1.807) is 29.5 Å². The summed E-state index contributed by atoms with van der Waals surface area (Å²) < 4.78 is 10.9. The third-order valence-electron chi connectivity index (χ3n) is 3.88. The summed E-state index contributed by atoms with van der Waals surface area (Å²) in [5, 5.41) is 8.74. The lowest BCUT2D eigenvalue weighted by Crippen LogP contribution is -2.23. The third-order valence-corrected chi connectivity index (χ3v) is 4.73. The van der Waals surface area contributed by atoms with Gasteiger partial charge in [-0.1, -0.05) is 17.3 Å². The topological polar surface area (TPSA) is 77.3 Å². The van der Waals surface area contributed by atoms with Crippen molar-refractivity contribution in [3.8, 4) is 5.75 Å². The molecular formula is C18H17N3O3S. The Kier molecular flexibility index (Phi) is 4.47. The van der Waals surface area contributed by atoms with Crippen LogP contribution < -0.4 is 10.1 Å². The lowest BCUT2D eigenvalue weighted by Gasteiger charge is -2.07. The lowest BCUT2D eigenvalue weighted by atomic mass is 10.2. The summed E-state index contributed by atoms with van der Waals surface area (Å²) >= 11 is 1.64. The molecule has 1 amide bonds. The number of ether oxygens (including phenoxy) is 1. The second kappa shape index (κ2) is 7.06. The van der Waals surface area contributed by atoms with E-state index in [0.717, 1.165) is 23.5 Å². The number of thiophene rings is 1. The minimum atomic E-state index is -0.201. The number of carbonyl (C=O) groups excluding carboxylic acids is 1. The summed E-state index contributed by atoms with van der Waals surface area (Å²) in [6.45, 7) is 0.716. The van der Waals surface area contributed by atoms with Crippen LogP contribution >= 0.6 is 11.3 Å². The predicted octanol–water partition coefficient (Wildman–Crippen LogP) is 3.52. The summed E-state index contributed by atoms with van der Waals surface area (Å²) in [5.41, 5.74) is 0.533. The van der Waals surface area contributed by atoms with Crippen molar-refractivity contribution in [2.45, 2.75) is 31.9 Å². The number of aromatic nitrogens is 2. The van der Waals surface area contributed by atoms with Crippen LogP contribution in [0.15, 0.2) is 46.3 Å². The van der Waals surface area contributed by atoms with E-state index >= 15 is 0 Å². The van der Waals surface area contributed by atoms with Crippen LogP contribution in [0.1, 0.15) is 45.7 Å². The van der Waals surface area contributed by atoms with E-state index < -0.39 is 0 Å². The number of hydrogen-bond acceptors (Lipinski definition) is 6. The molecule has 0 unspecified atom stereocenters. The number of hydrogen-bond donors (Lipinski definition) is 1. The number of nitrogens with one attached hydrogen (secondary N) is 1. The van der Waals surface area contributed by atoms with Crippen molar-refractivity contribution < 1.29 is 14.1 Å². The summed E-state index contributed by atoms with van der Waals surface area (Å²) in [6, 6.07) is 11.1. The van der Waals surface area contributed by atoms with Gasteiger partial charge in [0.2, 0.25) is 5.89 Å². The fourth-order valence-corrected chi connectivity index (χ4v) is 3.00. The highest BCUT2D eigenvalue weighted by Gasteiger charge is 2.28. The smallest absolute Gasteiger partial charge is 0.251 e. The minimum absolute atomic E-state index is 0.201. The number of nitrogens with zero attached hydrogens (tertiary/aromatic N) is 2. The van der Waals surface area contributed by atoms with E-state index in [4.69, 9.17) is 9.26 Å². The zero-order valence-electron chi connectivity index (χ0n) is 13.5. The molecule has 1 N–H and O–H groups in total. The molecule has 1 saturated carbocycles. The van der Waals surface area contributed by atoms with E-state index in [-0.39, 0.29) is 12.5 Å². The molecule has 0 bridgehead atoms. The highest BCUT2D eigenvalue weighted by atomic mass is 32.1. The van der Waals surface area contributed by atoms with Gasteiger partial charge in [0.25, 0.3) is 5.91 Å². The maximum Gasteiger partial charge on any atom is 0.251 e. The maximum absolute atomic E-state index is 12.3. The molecule has 1 fully saturated rings. The van der Waals surface area contributed by atoms with E-state index in [2.05, 4.69) is 15.5 Å². The third kappa shape index (κ3) is 4.06. The summed E-state index contributed by atoms with van der Waals surface area (Å²) in [7, 11) is 0. The number of benzene rings is 1.